The summed E-state index contributed by atoms with van der Waals surface area (Å²) in [5, 5.41) is 8.89. The summed E-state index contributed by atoms with van der Waals surface area (Å²) in [5.41, 5.74) is 13.9. The van der Waals surface area contributed by atoms with E-state index in [9.17, 15) is 0 Å². The summed E-state index contributed by atoms with van der Waals surface area (Å²) in [5.74, 6) is 0. The van der Waals surface area contributed by atoms with Crippen molar-refractivity contribution in [2.75, 3.05) is 5.32 Å². The van der Waals surface area contributed by atoms with Gasteiger partial charge in [0.15, 0.2) is 0 Å². The molecule has 2 aliphatic rings. The maximum Gasteiger partial charge on any atom is 0.0562 e. The van der Waals surface area contributed by atoms with E-state index in [0.29, 0.717) is 6.04 Å². The molecule has 2 heteroatoms. The van der Waals surface area contributed by atoms with Crippen LogP contribution >= 0.6 is 0 Å². The first-order valence-electron chi connectivity index (χ1n) is 14.0. The predicted molar refractivity (Wildman–Crippen MR) is 170 cm³/mol. The molecule has 1 aliphatic heterocycles. The Morgan fingerprint density at radius 1 is 0.575 bits per heavy atom. The Hall–Kier alpha value is -5.08. The molecule has 40 heavy (non-hydrogen) atoms. The van der Waals surface area contributed by atoms with Gasteiger partial charge >= 0.3 is 0 Å². The first-order valence-corrected chi connectivity index (χ1v) is 14.0. The van der Waals surface area contributed by atoms with E-state index in [2.05, 4.69) is 144 Å². The van der Waals surface area contributed by atoms with Crippen LogP contribution in [0.5, 0.6) is 0 Å². The highest BCUT2D eigenvalue weighted by Gasteiger charge is 2.22. The molecule has 0 bridgehead atoms. The summed E-state index contributed by atoms with van der Waals surface area (Å²) in [6.45, 7) is 2.19. The molecular weight excluding hydrogens is 484 g/mol. The minimum Gasteiger partial charge on any atom is -0.379 e. The Labute approximate surface area is 232 Å². The number of anilines is 1. The lowest BCUT2D eigenvalue weighted by Gasteiger charge is -2.19. The Kier molecular flexibility index (Phi) is 4.34. The highest BCUT2D eigenvalue weighted by molar-refractivity contribution is 6.18. The van der Waals surface area contributed by atoms with Gasteiger partial charge in [-0.2, -0.15) is 0 Å². The largest absolute Gasteiger partial charge is 0.379 e. The topological polar surface area (TPSA) is 17.0 Å². The molecule has 9 rings (SSSR count). The van der Waals surface area contributed by atoms with Crippen LogP contribution in [0.4, 0.5) is 5.69 Å². The molecule has 1 aliphatic carbocycles. The monoisotopic (exact) mass is 510 g/mol. The van der Waals surface area contributed by atoms with Crippen molar-refractivity contribution in [3.05, 3.63) is 127 Å². The number of rotatable bonds is 2. The quantitative estimate of drug-likeness (QED) is 0.245. The molecule has 0 saturated carbocycles. The van der Waals surface area contributed by atoms with E-state index in [1.54, 1.807) is 0 Å². The molecule has 0 unspecified atom stereocenters. The van der Waals surface area contributed by atoms with Crippen LogP contribution in [0.1, 0.15) is 12.5 Å². The van der Waals surface area contributed by atoms with Gasteiger partial charge in [0.1, 0.15) is 0 Å². The minimum absolute atomic E-state index is 0.320. The maximum absolute atomic E-state index is 3.66. The third kappa shape index (κ3) is 2.93. The number of nitrogens with zero attached hydrogens (tertiary/aromatic N) is 1. The second kappa shape index (κ2) is 7.97. The lowest BCUT2D eigenvalue weighted by molar-refractivity contribution is 0.993. The van der Waals surface area contributed by atoms with Crippen LogP contribution in [0, 0.1) is 0 Å². The normalized spacial score (nSPS) is 15.0. The van der Waals surface area contributed by atoms with Crippen LogP contribution in [0.15, 0.2) is 121 Å². The second-order valence-electron chi connectivity index (χ2n) is 11.1. The molecule has 188 valence electrons. The van der Waals surface area contributed by atoms with Crippen LogP contribution < -0.4 is 5.32 Å². The number of nitrogens with one attached hydrogen (secondary N) is 1. The minimum atomic E-state index is 0.320. The Morgan fingerprint density at radius 3 is 2.20 bits per heavy atom. The number of hydrogen-bond donors (Lipinski definition) is 1. The van der Waals surface area contributed by atoms with E-state index < -0.39 is 0 Å². The van der Waals surface area contributed by atoms with E-state index in [0.717, 1.165) is 0 Å². The van der Waals surface area contributed by atoms with E-state index in [4.69, 9.17) is 0 Å². The van der Waals surface area contributed by atoms with Crippen LogP contribution in [0.25, 0.3) is 77.7 Å². The summed E-state index contributed by atoms with van der Waals surface area (Å²) in [7, 11) is 0. The van der Waals surface area contributed by atoms with Gasteiger partial charge in [0.05, 0.1) is 11.0 Å². The maximum atomic E-state index is 3.66. The lowest BCUT2D eigenvalue weighted by Crippen LogP contribution is -2.15. The fraction of sp³-hybridized carbons (Fsp3) is 0.0526. The average molecular weight is 511 g/mol. The molecule has 0 spiro atoms. The van der Waals surface area contributed by atoms with Gasteiger partial charge in [-0.3, -0.25) is 0 Å². The number of aromatic nitrogens is 1. The van der Waals surface area contributed by atoms with Gasteiger partial charge in [-0.05, 0) is 87.0 Å². The van der Waals surface area contributed by atoms with E-state index in [1.807, 2.05) is 0 Å². The Bertz CT molecular complexity index is 2180. The van der Waals surface area contributed by atoms with Crippen molar-refractivity contribution in [3.8, 4) is 39.1 Å². The first kappa shape index (κ1) is 21.8. The standard InChI is InChI=1S/C38H26N2/c1-23-16-17-25-21-34-30-12-4-5-15-36(30)40(37(34)22-35(25)39-23)26-9-6-8-24(20-26)27-18-19-33-29-11-3-2-10-28(29)32-14-7-13-31(27)38(32)33/h2-23,39H,1H3/t23-/m0/s1. The molecule has 0 radical (unpaired) electrons. The number of benzene rings is 6. The van der Waals surface area contributed by atoms with Crippen molar-refractivity contribution in [3.63, 3.8) is 0 Å². The summed E-state index contributed by atoms with van der Waals surface area (Å²) in [6, 6.07) is 42.9. The van der Waals surface area contributed by atoms with Crippen molar-refractivity contribution in [2.24, 2.45) is 0 Å². The van der Waals surface area contributed by atoms with E-state index >= 15 is 0 Å². The summed E-state index contributed by atoms with van der Waals surface area (Å²) >= 11 is 0. The predicted octanol–water partition coefficient (Wildman–Crippen LogP) is 10.1. The van der Waals surface area contributed by atoms with Crippen molar-refractivity contribution in [1.82, 2.24) is 4.57 Å². The van der Waals surface area contributed by atoms with Gasteiger partial charge in [0, 0.05) is 28.2 Å². The van der Waals surface area contributed by atoms with E-state index in [-0.39, 0.29) is 0 Å². The summed E-state index contributed by atoms with van der Waals surface area (Å²) in [4.78, 5) is 0. The zero-order valence-corrected chi connectivity index (χ0v) is 22.1. The number of para-hydroxylation sites is 1. The number of fused-ring (bicyclic) bond motifs is 7. The first-order chi connectivity index (χ1) is 19.7. The van der Waals surface area contributed by atoms with Crippen LogP contribution in [0.2, 0.25) is 0 Å². The van der Waals surface area contributed by atoms with Crippen LogP contribution in [0.3, 0.4) is 0 Å². The molecule has 0 saturated heterocycles. The summed E-state index contributed by atoms with van der Waals surface area (Å²) in [6.07, 6.45) is 4.48. The zero-order chi connectivity index (χ0) is 26.4. The fourth-order valence-corrected chi connectivity index (χ4v) is 6.99. The van der Waals surface area contributed by atoms with Gasteiger partial charge in [0.2, 0.25) is 0 Å². The lowest BCUT2D eigenvalue weighted by atomic mass is 9.94. The molecule has 1 N–H and O–H groups in total. The summed E-state index contributed by atoms with van der Waals surface area (Å²) < 4.78 is 2.43. The molecule has 2 nitrogen and oxygen atoms in total. The average Bonchev–Trinajstić information content (AvgIpc) is 3.50. The van der Waals surface area contributed by atoms with Crippen molar-refractivity contribution < 1.29 is 0 Å². The molecular formula is C38H26N2. The highest BCUT2D eigenvalue weighted by Crippen LogP contribution is 2.49. The van der Waals surface area contributed by atoms with E-state index in [1.165, 1.54) is 82.9 Å². The van der Waals surface area contributed by atoms with Crippen molar-refractivity contribution in [2.45, 2.75) is 13.0 Å². The second-order valence-corrected chi connectivity index (χ2v) is 11.1. The van der Waals surface area contributed by atoms with Crippen LogP contribution in [-0.2, 0) is 0 Å². The SMILES string of the molecule is C[C@H]1C=Cc2cc3c4ccccc4n(-c4cccc(-c5ccc6c7c(cccc57)-c5ccccc5-6)c4)c3cc2N1. The fourth-order valence-electron chi connectivity index (χ4n) is 6.99. The zero-order valence-electron chi connectivity index (χ0n) is 22.1. The van der Waals surface area contributed by atoms with Gasteiger partial charge in [-0.15, -0.1) is 0 Å². The van der Waals surface area contributed by atoms with Crippen molar-refractivity contribution >= 4 is 44.3 Å². The van der Waals surface area contributed by atoms with Crippen LogP contribution in [-0.4, -0.2) is 10.6 Å². The molecule has 0 fully saturated rings. The molecule has 7 aromatic rings. The number of hydrogen-bond acceptors (Lipinski definition) is 1. The molecule has 1 aromatic heterocycles. The smallest absolute Gasteiger partial charge is 0.0562 e. The van der Waals surface area contributed by atoms with Crippen molar-refractivity contribution in [1.29, 1.82) is 0 Å². The third-order valence-electron chi connectivity index (χ3n) is 8.75. The molecule has 1 atom stereocenters. The highest BCUT2D eigenvalue weighted by atomic mass is 15.0. The van der Waals surface area contributed by atoms with Gasteiger partial charge in [-0.25, -0.2) is 0 Å². The molecule has 6 aromatic carbocycles. The van der Waals surface area contributed by atoms with Gasteiger partial charge < -0.3 is 9.88 Å². The third-order valence-corrected chi connectivity index (χ3v) is 8.75. The van der Waals surface area contributed by atoms with Gasteiger partial charge in [-0.1, -0.05) is 97.1 Å². The molecule has 2 heterocycles. The molecule has 0 amide bonds. The van der Waals surface area contributed by atoms with Gasteiger partial charge in [0.25, 0.3) is 0 Å². The Morgan fingerprint density at radius 2 is 1.30 bits per heavy atom. The Balaban J connectivity index is 1.28.